The molecule has 7 nitrogen and oxygen atoms in total. The number of hydrogen-bond donors (Lipinski definition) is 0. The Labute approximate surface area is 139 Å². The summed E-state index contributed by atoms with van der Waals surface area (Å²) in [6.07, 6.45) is 1.78. The number of rotatable bonds is 3. The van der Waals surface area contributed by atoms with Gasteiger partial charge in [0.15, 0.2) is 5.00 Å². The summed E-state index contributed by atoms with van der Waals surface area (Å²) in [4.78, 5) is 29.7. The Morgan fingerprint density at radius 2 is 2.04 bits per heavy atom. The Morgan fingerprint density at radius 3 is 2.74 bits per heavy atom. The van der Waals surface area contributed by atoms with Gasteiger partial charge in [-0.2, -0.15) is 0 Å². The molecule has 1 amide bonds. The van der Waals surface area contributed by atoms with Crippen molar-refractivity contribution in [3.8, 4) is 0 Å². The molecule has 3 rings (SSSR count). The van der Waals surface area contributed by atoms with Gasteiger partial charge < -0.3 is 14.7 Å². The van der Waals surface area contributed by atoms with Gasteiger partial charge in [-0.05, 0) is 25.3 Å². The number of anilines is 1. The van der Waals surface area contributed by atoms with Crippen LogP contribution in [-0.4, -0.2) is 66.9 Å². The molecular formula is C15H22N4O3S. The molecule has 8 heteroatoms. The molecule has 0 saturated carbocycles. The highest BCUT2D eigenvalue weighted by atomic mass is 32.1. The van der Waals surface area contributed by atoms with Crippen molar-refractivity contribution in [1.82, 2.24) is 9.80 Å². The number of hydrogen-bond acceptors (Lipinski definition) is 6. The summed E-state index contributed by atoms with van der Waals surface area (Å²) >= 11 is 1.39. The zero-order chi connectivity index (χ0) is 16.4. The molecule has 0 aromatic carbocycles. The van der Waals surface area contributed by atoms with Gasteiger partial charge >= 0.3 is 5.69 Å². The van der Waals surface area contributed by atoms with Crippen molar-refractivity contribution in [3.63, 3.8) is 0 Å². The third kappa shape index (κ3) is 3.48. The average molecular weight is 338 g/mol. The van der Waals surface area contributed by atoms with E-state index in [9.17, 15) is 14.9 Å². The van der Waals surface area contributed by atoms with E-state index in [0.717, 1.165) is 45.6 Å². The maximum Gasteiger partial charge on any atom is 0.303 e. The molecule has 0 bridgehead atoms. The normalized spacial score (nSPS) is 23.1. The van der Waals surface area contributed by atoms with E-state index in [1.165, 1.54) is 11.3 Å². The number of nitro groups is 1. The zero-order valence-electron chi connectivity index (χ0n) is 13.3. The lowest BCUT2D eigenvalue weighted by atomic mass is 9.96. The minimum atomic E-state index is -0.336. The van der Waals surface area contributed by atoms with Crippen molar-refractivity contribution in [1.29, 1.82) is 0 Å². The van der Waals surface area contributed by atoms with Crippen LogP contribution in [0, 0.1) is 16.0 Å². The van der Waals surface area contributed by atoms with Crippen molar-refractivity contribution in [2.75, 3.05) is 51.2 Å². The summed E-state index contributed by atoms with van der Waals surface area (Å²) in [7, 11) is 2.07. The zero-order valence-corrected chi connectivity index (χ0v) is 14.1. The second kappa shape index (κ2) is 6.84. The average Bonchev–Trinajstić information content (AvgIpc) is 3.05. The quantitative estimate of drug-likeness (QED) is 0.619. The van der Waals surface area contributed by atoms with Crippen LogP contribution in [0.15, 0.2) is 11.4 Å². The lowest BCUT2D eigenvalue weighted by Crippen LogP contribution is -2.51. The summed E-state index contributed by atoms with van der Waals surface area (Å²) in [5.74, 6) is 0.163. The highest BCUT2D eigenvalue weighted by molar-refractivity contribution is 7.14. The summed E-state index contributed by atoms with van der Waals surface area (Å²) in [6.45, 7) is 4.77. The molecule has 2 aliphatic heterocycles. The number of carbonyl (C=O) groups is 1. The van der Waals surface area contributed by atoms with Crippen molar-refractivity contribution < 1.29 is 9.72 Å². The highest BCUT2D eigenvalue weighted by Crippen LogP contribution is 2.36. The van der Waals surface area contributed by atoms with Crippen LogP contribution in [0.2, 0.25) is 0 Å². The third-order valence-corrected chi connectivity index (χ3v) is 5.66. The number of thiophene rings is 1. The highest BCUT2D eigenvalue weighted by Gasteiger charge is 2.33. The van der Waals surface area contributed by atoms with E-state index in [1.54, 1.807) is 11.4 Å². The van der Waals surface area contributed by atoms with Gasteiger partial charge in [-0.1, -0.05) is 0 Å². The van der Waals surface area contributed by atoms with E-state index in [2.05, 4.69) is 11.9 Å². The number of piperazine rings is 1. The number of nitrogens with zero attached hydrogens (tertiary/aromatic N) is 4. The van der Waals surface area contributed by atoms with Crippen LogP contribution in [0.3, 0.4) is 0 Å². The molecule has 0 N–H and O–H groups in total. The molecule has 23 heavy (non-hydrogen) atoms. The topological polar surface area (TPSA) is 69.9 Å². The molecule has 2 aliphatic rings. The Hall–Kier alpha value is -1.67. The smallest absolute Gasteiger partial charge is 0.303 e. The molecule has 126 valence electrons. The first-order chi connectivity index (χ1) is 11.1. The fraction of sp³-hybridized carbons (Fsp3) is 0.667. The minimum absolute atomic E-state index is 0.0474. The van der Waals surface area contributed by atoms with Gasteiger partial charge in [0.05, 0.1) is 10.8 Å². The van der Waals surface area contributed by atoms with E-state index in [0.29, 0.717) is 11.5 Å². The largest absolute Gasteiger partial charge is 0.357 e. The lowest BCUT2D eigenvalue weighted by molar-refractivity contribution is -0.383. The van der Waals surface area contributed by atoms with Crippen molar-refractivity contribution in [3.05, 3.63) is 21.6 Å². The van der Waals surface area contributed by atoms with E-state index < -0.39 is 0 Å². The second-order valence-electron chi connectivity index (χ2n) is 6.28. The molecule has 1 aromatic rings. The molecule has 2 fully saturated rings. The Kier molecular flexibility index (Phi) is 4.82. The molecule has 2 saturated heterocycles. The predicted molar refractivity (Wildman–Crippen MR) is 90.0 cm³/mol. The Balaban J connectivity index is 1.67. The van der Waals surface area contributed by atoms with Gasteiger partial charge in [-0.3, -0.25) is 14.9 Å². The summed E-state index contributed by atoms with van der Waals surface area (Å²) in [5, 5.41) is 13.6. The molecule has 1 atom stereocenters. The molecule has 0 spiro atoms. The minimum Gasteiger partial charge on any atom is -0.357 e. The first kappa shape index (κ1) is 16.2. The fourth-order valence-electron chi connectivity index (χ4n) is 3.32. The van der Waals surface area contributed by atoms with Crippen LogP contribution < -0.4 is 4.90 Å². The Morgan fingerprint density at radius 1 is 1.30 bits per heavy atom. The van der Waals surface area contributed by atoms with Gasteiger partial charge in [-0.15, -0.1) is 11.3 Å². The van der Waals surface area contributed by atoms with Gasteiger partial charge in [0.1, 0.15) is 0 Å². The van der Waals surface area contributed by atoms with Gasteiger partial charge in [0.25, 0.3) is 0 Å². The first-order valence-corrected chi connectivity index (χ1v) is 8.88. The number of piperidine rings is 1. The fourth-order valence-corrected chi connectivity index (χ4v) is 4.22. The maximum atomic E-state index is 12.7. The lowest BCUT2D eigenvalue weighted by Gasteiger charge is -2.38. The van der Waals surface area contributed by atoms with Crippen molar-refractivity contribution >= 4 is 27.9 Å². The molecule has 0 unspecified atom stereocenters. The third-order valence-electron chi connectivity index (χ3n) is 4.69. The summed E-state index contributed by atoms with van der Waals surface area (Å²) < 4.78 is 0. The second-order valence-corrected chi connectivity index (χ2v) is 7.18. The van der Waals surface area contributed by atoms with E-state index in [1.807, 2.05) is 9.80 Å². The van der Waals surface area contributed by atoms with Gasteiger partial charge in [0, 0.05) is 45.3 Å². The number of likely N-dealkylation sites (N-methyl/N-ethyl adjacent to an activating group) is 1. The van der Waals surface area contributed by atoms with Gasteiger partial charge in [-0.25, -0.2) is 0 Å². The van der Waals surface area contributed by atoms with E-state index >= 15 is 0 Å². The number of carbonyl (C=O) groups excluding carboxylic acids is 1. The van der Waals surface area contributed by atoms with Crippen molar-refractivity contribution in [2.24, 2.45) is 5.92 Å². The number of amides is 1. The molecule has 0 radical (unpaired) electrons. The standard InChI is InChI=1S/C15H22N4O3S/c1-16-6-8-17(9-7-16)14(20)12-3-2-5-18(11-12)15-13(19(21)22)4-10-23-15/h4,10,12H,2-3,5-9,11H2,1H3/t12-/m1/s1. The van der Waals surface area contributed by atoms with Crippen LogP contribution >= 0.6 is 11.3 Å². The molecular weight excluding hydrogens is 316 g/mol. The van der Waals surface area contributed by atoms with Crippen molar-refractivity contribution in [2.45, 2.75) is 12.8 Å². The van der Waals surface area contributed by atoms with Crippen LogP contribution in [-0.2, 0) is 4.79 Å². The van der Waals surface area contributed by atoms with Crippen LogP contribution in [0.1, 0.15) is 12.8 Å². The summed E-state index contributed by atoms with van der Waals surface area (Å²) in [5.41, 5.74) is 0.155. The molecule has 3 heterocycles. The van der Waals surface area contributed by atoms with Crippen LogP contribution in [0.25, 0.3) is 0 Å². The maximum absolute atomic E-state index is 12.7. The van der Waals surface area contributed by atoms with E-state index in [4.69, 9.17) is 0 Å². The van der Waals surface area contributed by atoms with Gasteiger partial charge in [0.2, 0.25) is 5.91 Å². The monoisotopic (exact) mass is 338 g/mol. The van der Waals surface area contributed by atoms with E-state index in [-0.39, 0.29) is 22.4 Å². The molecule has 0 aliphatic carbocycles. The first-order valence-electron chi connectivity index (χ1n) is 8.00. The Bertz CT molecular complexity index is 583. The SMILES string of the molecule is CN1CCN(C(=O)[C@@H]2CCCN(c3sccc3[N+](=O)[O-])C2)CC1. The summed E-state index contributed by atoms with van der Waals surface area (Å²) in [6, 6.07) is 1.55. The predicted octanol–water partition coefficient (Wildman–Crippen LogP) is 1.65. The van der Waals surface area contributed by atoms with Crippen LogP contribution in [0.5, 0.6) is 0 Å². The molecule has 1 aromatic heterocycles. The van der Waals surface area contributed by atoms with Crippen LogP contribution in [0.4, 0.5) is 10.7 Å².